The molecule has 3 nitrogen and oxygen atoms in total. The second-order valence-corrected chi connectivity index (χ2v) is 3.85. The highest BCUT2D eigenvalue weighted by atomic mass is 35.5. The van der Waals surface area contributed by atoms with Gasteiger partial charge >= 0.3 is 0 Å². The van der Waals surface area contributed by atoms with Crippen LogP contribution in [-0.4, -0.2) is 17.9 Å². The van der Waals surface area contributed by atoms with Crippen LogP contribution in [0.25, 0.3) is 0 Å². The van der Waals surface area contributed by atoms with Crippen LogP contribution in [0.1, 0.15) is 20.8 Å². The van der Waals surface area contributed by atoms with Crippen molar-refractivity contribution in [2.24, 2.45) is 10.7 Å². The molecule has 0 bridgehead atoms. The van der Waals surface area contributed by atoms with E-state index in [2.05, 4.69) is 11.6 Å². The fourth-order valence-electron chi connectivity index (χ4n) is 0.683. The fraction of sp³-hybridized carbons (Fsp3) is 0.500. The van der Waals surface area contributed by atoms with Crippen LogP contribution >= 0.6 is 11.6 Å². The van der Waals surface area contributed by atoms with Crippen LogP contribution < -0.4 is 5.73 Å². The molecule has 80 valence electrons. The number of hydrogen-bond acceptors (Lipinski definition) is 3. The van der Waals surface area contributed by atoms with E-state index in [0.717, 1.165) is 5.57 Å². The molecule has 0 aromatic heterocycles. The van der Waals surface area contributed by atoms with Gasteiger partial charge in [-0.2, -0.15) is 0 Å². The number of nitrogens with zero attached hydrogens (tertiary/aromatic N) is 1. The molecule has 0 spiro atoms. The van der Waals surface area contributed by atoms with Crippen LogP contribution in [0.15, 0.2) is 29.0 Å². The lowest BCUT2D eigenvalue weighted by atomic mass is 9.99. The molecule has 0 amide bonds. The van der Waals surface area contributed by atoms with Crippen LogP contribution in [-0.2, 0) is 4.74 Å². The lowest BCUT2D eigenvalue weighted by Crippen LogP contribution is -2.24. The van der Waals surface area contributed by atoms with Crippen molar-refractivity contribution in [1.29, 1.82) is 0 Å². The van der Waals surface area contributed by atoms with Gasteiger partial charge in [-0.25, -0.2) is 4.99 Å². The summed E-state index contributed by atoms with van der Waals surface area (Å²) in [5.74, 6) is 0.189. The van der Waals surface area contributed by atoms with Gasteiger partial charge in [0.2, 0.25) is 0 Å². The minimum absolute atomic E-state index is 0.189. The Morgan fingerprint density at radius 3 is 2.43 bits per heavy atom. The normalized spacial score (nSPS) is 14.4. The topological polar surface area (TPSA) is 47.6 Å². The van der Waals surface area contributed by atoms with Gasteiger partial charge in [0.15, 0.2) is 0 Å². The van der Waals surface area contributed by atoms with Crippen molar-refractivity contribution in [3.05, 3.63) is 24.0 Å². The van der Waals surface area contributed by atoms with Crippen LogP contribution in [0.3, 0.4) is 0 Å². The summed E-state index contributed by atoms with van der Waals surface area (Å²) in [5, 5.41) is 0.306. The number of rotatable bonds is 4. The summed E-state index contributed by atoms with van der Waals surface area (Å²) < 4.78 is 5.27. The molecule has 0 aliphatic heterocycles. The SMILES string of the molecule is C=C(N)/N=C(Cl)\C=C(/C)C(C)(C)OC. The van der Waals surface area contributed by atoms with Crippen molar-refractivity contribution in [3.63, 3.8) is 0 Å². The van der Waals surface area contributed by atoms with Crippen molar-refractivity contribution >= 4 is 16.8 Å². The van der Waals surface area contributed by atoms with Crippen molar-refractivity contribution in [3.8, 4) is 0 Å². The Morgan fingerprint density at radius 1 is 1.57 bits per heavy atom. The zero-order valence-corrected chi connectivity index (χ0v) is 9.85. The largest absolute Gasteiger partial charge is 0.384 e. The molecule has 0 rings (SSSR count). The predicted molar refractivity (Wildman–Crippen MR) is 61.5 cm³/mol. The third-order valence-corrected chi connectivity index (χ3v) is 2.24. The van der Waals surface area contributed by atoms with Crippen molar-refractivity contribution in [2.75, 3.05) is 7.11 Å². The predicted octanol–water partition coefficient (Wildman–Crippen LogP) is 2.42. The Bertz CT molecular complexity index is 280. The van der Waals surface area contributed by atoms with Gasteiger partial charge in [-0.15, -0.1) is 0 Å². The number of halogens is 1. The Kier molecular flexibility index (Phi) is 4.88. The van der Waals surface area contributed by atoms with Gasteiger partial charge in [0.25, 0.3) is 0 Å². The maximum Gasteiger partial charge on any atom is 0.131 e. The molecule has 0 fully saturated rings. The molecule has 0 radical (unpaired) electrons. The van der Waals surface area contributed by atoms with E-state index in [9.17, 15) is 0 Å². The Morgan fingerprint density at radius 2 is 2.07 bits per heavy atom. The summed E-state index contributed by atoms with van der Waals surface area (Å²) in [6.07, 6.45) is 1.71. The highest BCUT2D eigenvalue weighted by molar-refractivity contribution is 6.68. The molecule has 0 aromatic carbocycles. The van der Waals surface area contributed by atoms with Crippen molar-refractivity contribution < 1.29 is 4.74 Å². The molecule has 4 heteroatoms. The quantitative estimate of drug-likeness (QED) is 0.734. The van der Waals surface area contributed by atoms with E-state index in [-0.39, 0.29) is 11.4 Å². The molecule has 2 N–H and O–H groups in total. The standard InChI is InChI=1S/C10H17ClN2O/c1-7(10(3,4)14-5)6-9(11)13-8(2)12/h6H,2,12H2,1,3-5H3/b7-6+,13-9+. The minimum atomic E-state index is -0.356. The monoisotopic (exact) mass is 216 g/mol. The van der Waals surface area contributed by atoms with Gasteiger partial charge < -0.3 is 10.5 Å². The minimum Gasteiger partial charge on any atom is -0.384 e. The average Bonchev–Trinajstić information content (AvgIpc) is 2.02. The Labute approximate surface area is 90.3 Å². The van der Waals surface area contributed by atoms with Gasteiger partial charge in [0, 0.05) is 7.11 Å². The molecule has 0 aliphatic rings. The van der Waals surface area contributed by atoms with E-state index < -0.39 is 0 Å². The zero-order chi connectivity index (χ0) is 11.4. The van der Waals surface area contributed by atoms with Gasteiger partial charge in [0.1, 0.15) is 11.0 Å². The number of aliphatic imine (C=N–C) groups is 1. The molecule has 0 saturated heterocycles. The fourth-order valence-corrected chi connectivity index (χ4v) is 0.955. The molecular weight excluding hydrogens is 200 g/mol. The second kappa shape index (κ2) is 5.17. The zero-order valence-electron chi connectivity index (χ0n) is 9.10. The smallest absolute Gasteiger partial charge is 0.131 e. The first kappa shape index (κ1) is 13.2. The van der Waals surface area contributed by atoms with E-state index >= 15 is 0 Å². The lowest BCUT2D eigenvalue weighted by Gasteiger charge is -2.23. The van der Waals surface area contributed by atoms with E-state index in [1.165, 1.54) is 0 Å². The van der Waals surface area contributed by atoms with E-state index in [0.29, 0.717) is 5.17 Å². The molecule has 0 unspecified atom stereocenters. The van der Waals surface area contributed by atoms with Gasteiger partial charge in [-0.3, -0.25) is 0 Å². The number of nitrogens with two attached hydrogens (primary N) is 1. The van der Waals surface area contributed by atoms with Gasteiger partial charge in [-0.1, -0.05) is 18.2 Å². The molecule has 0 aromatic rings. The maximum atomic E-state index is 5.81. The summed E-state index contributed by atoms with van der Waals surface area (Å²) in [6.45, 7) is 9.24. The summed E-state index contributed by atoms with van der Waals surface area (Å²) in [6, 6.07) is 0. The van der Waals surface area contributed by atoms with Crippen LogP contribution in [0, 0.1) is 0 Å². The molecule has 0 atom stereocenters. The Hall–Kier alpha value is -0.800. The number of ether oxygens (including phenoxy) is 1. The van der Waals surface area contributed by atoms with E-state index in [4.69, 9.17) is 22.1 Å². The maximum absolute atomic E-state index is 5.81. The van der Waals surface area contributed by atoms with Gasteiger partial charge in [-0.05, 0) is 32.4 Å². The van der Waals surface area contributed by atoms with Crippen LogP contribution in [0.4, 0.5) is 0 Å². The first-order chi connectivity index (χ1) is 6.29. The molecule has 14 heavy (non-hydrogen) atoms. The highest BCUT2D eigenvalue weighted by Gasteiger charge is 2.18. The van der Waals surface area contributed by atoms with Crippen molar-refractivity contribution in [1.82, 2.24) is 0 Å². The number of allylic oxidation sites excluding steroid dienone is 1. The highest BCUT2D eigenvalue weighted by Crippen LogP contribution is 2.19. The van der Waals surface area contributed by atoms with Crippen molar-refractivity contribution in [2.45, 2.75) is 26.4 Å². The van der Waals surface area contributed by atoms with Crippen LogP contribution in [0.5, 0.6) is 0 Å². The van der Waals surface area contributed by atoms with E-state index in [1.807, 2.05) is 20.8 Å². The summed E-state index contributed by atoms with van der Waals surface area (Å²) in [4.78, 5) is 3.80. The van der Waals surface area contributed by atoms with Crippen LogP contribution in [0.2, 0.25) is 0 Å². The first-order valence-corrected chi connectivity index (χ1v) is 4.60. The second-order valence-electron chi connectivity index (χ2n) is 3.47. The summed E-state index contributed by atoms with van der Waals surface area (Å²) >= 11 is 5.81. The number of methoxy groups -OCH3 is 1. The van der Waals surface area contributed by atoms with Gasteiger partial charge in [0.05, 0.1) is 5.60 Å². The lowest BCUT2D eigenvalue weighted by molar-refractivity contribution is 0.0552. The third kappa shape index (κ3) is 4.44. The third-order valence-electron chi connectivity index (χ3n) is 2.05. The Balaban J connectivity index is 4.76. The molecule has 0 aliphatic carbocycles. The first-order valence-electron chi connectivity index (χ1n) is 4.22. The van der Waals surface area contributed by atoms with E-state index in [1.54, 1.807) is 13.2 Å². The molecule has 0 saturated carbocycles. The number of hydrogen-bond donors (Lipinski definition) is 1. The summed E-state index contributed by atoms with van der Waals surface area (Å²) in [7, 11) is 1.64. The summed E-state index contributed by atoms with van der Waals surface area (Å²) in [5.41, 5.74) is 5.90. The average molecular weight is 217 g/mol. The molecule has 0 heterocycles. The molecular formula is C10H17ClN2O.